The summed E-state index contributed by atoms with van der Waals surface area (Å²) in [5.74, 6) is 2.44. The highest BCUT2D eigenvalue weighted by molar-refractivity contribution is 5.99. The molecule has 0 unspecified atom stereocenters. The Bertz CT molecular complexity index is 1100. The lowest BCUT2D eigenvalue weighted by Gasteiger charge is -2.21. The highest BCUT2D eigenvalue weighted by atomic mass is 35.5. The normalized spacial score (nSPS) is 11.9. The maximum absolute atomic E-state index is 5.68. The molecule has 0 fully saturated rings. The first kappa shape index (κ1) is 23.0. The van der Waals surface area contributed by atoms with Crippen molar-refractivity contribution >= 4 is 16.5 Å². The lowest BCUT2D eigenvalue weighted by atomic mass is 9.91. The van der Waals surface area contributed by atoms with Gasteiger partial charge in [0.2, 0.25) is 5.69 Å². The fourth-order valence-corrected chi connectivity index (χ4v) is 4.49. The molecule has 5 nitrogen and oxygen atoms in total. The van der Waals surface area contributed by atoms with Crippen LogP contribution in [0.1, 0.15) is 30.9 Å². The van der Waals surface area contributed by atoms with Crippen LogP contribution in [0, 0.1) is 6.92 Å². The highest BCUT2D eigenvalue weighted by Gasteiger charge is 2.29. The highest BCUT2D eigenvalue weighted by Crippen LogP contribution is 2.41. The van der Waals surface area contributed by atoms with E-state index in [-0.39, 0.29) is 12.4 Å². The zero-order valence-electron chi connectivity index (χ0n) is 19.0. The number of rotatable bonds is 7. The molecule has 0 radical (unpaired) electrons. The molecule has 0 saturated heterocycles. The quantitative estimate of drug-likeness (QED) is 0.448. The number of unbranched alkanes of at least 4 members (excludes halogenated alkanes) is 1. The van der Waals surface area contributed by atoms with Gasteiger partial charge in [0.1, 0.15) is 5.75 Å². The molecule has 0 aliphatic carbocycles. The van der Waals surface area contributed by atoms with Crippen molar-refractivity contribution < 1.29 is 31.2 Å². The minimum absolute atomic E-state index is 0. The van der Waals surface area contributed by atoms with Crippen LogP contribution in [0.4, 0.5) is 5.69 Å². The smallest absolute Gasteiger partial charge is 0.216 e. The topological polar surface area (TPSA) is 43.6 Å². The summed E-state index contributed by atoms with van der Waals surface area (Å²) in [7, 11) is 5.12. The molecule has 1 N–H and O–H groups in total. The SMILES string of the molecule is CCCCNc1c(OC)ccc2c(C)c3[n+](cc12)CCc1cc(OC)c(OC)cc1-3.[Cl-]. The molecular formula is C25H31ClN2O3. The predicted molar refractivity (Wildman–Crippen MR) is 121 cm³/mol. The largest absolute Gasteiger partial charge is 1.00 e. The van der Waals surface area contributed by atoms with Gasteiger partial charge in [-0.3, -0.25) is 0 Å². The first-order chi connectivity index (χ1) is 14.6. The number of aromatic nitrogens is 1. The molecule has 6 heteroatoms. The van der Waals surface area contributed by atoms with E-state index >= 15 is 0 Å². The van der Waals surface area contributed by atoms with Crippen LogP contribution >= 0.6 is 0 Å². The van der Waals surface area contributed by atoms with Gasteiger partial charge >= 0.3 is 0 Å². The van der Waals surface area contributed by atoms with Crippen LogP contribution in [-0.4, -0.2) is 27.9 Å². The van der Waals surface area contributed by atoms with Crippen LogP contribution in [0.15, 0.2) is 30.5 Å². The molecule has 166 valence electrons. The van der Waals surface area contributed by atoms with Gasteiger partial charge in [-0.25, -0.2) is 0 Å². The van der Waals surface area contributed by atoms with Crippen molar-refractivity contribution in [2.24, 2.45) is 0 Å². The second-order valence-corrected chi connectivity index (χ2v) is 7.79. The summed E-state index contributed by atoms with van der Waals surface area (Å²) in [6.07, 6.45) is 5.52. The molecule has 0 atom stereocenters. The van der Waals surface area contributed by atoms with Crippen LogP contribution in [0.5, 0.6) is 17.2 Å². The van der Waals surface area contributed by atoms with E-state index in [1.54, 1.807) is 21.3 Å². The Morgan fingerprint density at radius 1 is 0.968 bits per heavy atom. The maximum Gasteiger partial charge on any atom is 0.216 e. The van der Waals surface area contributed by atoms with E-state index in [1.807, 2.05) is 0 Å². The Hall–Kier alpha value is -2.66. The van der Waals surface area contributed by atoms with Crippen LogP contribution in [0.25, 0.3) is 22.0 Å². The first-order valence-electron chi connectivity index (χ1n) is 10.7. The number of nitrogens with one attached hydrogen (secondary N) is 1. The van der Waals surface area contributed by atoms with E-state index < -0.39 is 0 Å². The van der Waals surface area contributed by atoms with Gasteiger partial charge in [0.05, 0.1) is 38.0 Å². The molecule has 1 aliphatic heterocycles. The zero-order chi connectivity index (χ0) is 21.3. The Balaban J connectivity index is 0.00000272. The predicted octanol–water partition coefficient (Wildman–Crippen LogP) is 1.90. The molecule has 0 bridgehead atoms. The summed E-state index contributed by atoms with van der Waals surface area (Å²) >= 11 is 0. The third-order valence-electron chi connectivity index (χ3n) is 6.08. The Morgan fingerprint density at radius 2 is 1.68 bits per heavy atom. The second-order valence-electron chi connectivity index (χ2n) is 7.79. The molecule has 1 aromatic heterocycles. The fraction of sp³-hybridized carbons (Fsp3) is 0.400. The van der Waals surface area contributed by atoms with E-state index in [1.165, 1.54) is 33.2 Å². The van der Waals surface area contributed by atoms with Crippen molar-refractivity contribution in [2.75, 3.05) is 33.2 Å². The number of benzene rings is 2. The molecular weight excluding hydrogens is 412 g/mol. The van der Waals surface area contributed by atoms with Crippen molar-refractivity contribution in [3.63, 3.8) is 0 Å². The average Bonchev–Trinajstić information content (AvgIpc) is 2.78. The van der Waals surface area contributed by atoms with Crippen LogP contribution in [-0.2, 0) is 13.0 Å². The lowest BCUT2D eigenvalue weighted by molar-refractivity contribution is -0.686. The number of nitrogens with zero attached hydrogens (tertiary/aromatic N) is 1. The van der Waals surface area contributed by atoms with Crippen molar-refractivity contribution in [3.8, 4) is 28.5 Å². The first-order valence-corrected chi connectivity index (χ1v) is 10.7. The Morgan fingerprint density at radius 3 is 2.35 bits per heavy atom. The third-order valence-corrected chi connectivity index (χ3v) is 6.08. The Kier molecular flexibility index (Phi) is 7.16. The number of aryl methyl sites for hydroxylation is 3. The number of halogens is 1. The summed E-state index contributed by atoms with van der Waals surface area (Å²) in [6, 6.07) is 8.47. The van der Waals surface area contributed by atoms with Crippen LogP contribution in [0.2, 0.25) is 0 Å². The maximum atomic E-state index is 5.68. The molecule has 1 aliphatic rings. The number of fused-ring (bicyclic) bond motifs is 4. The molecule has 2 aromatic carbocycles. The van der Waals surface area contributed by atoms with Gasteiger partial charge < -0.3 is 31.9 Å². The Labute approximate surface area is 190 Å². The van der Waals surface area contributed by atoms with Gasteiger partial charge in [-0.15, -0.1) is 0 Å². The average molecular weight is 443 g/mol. The third kappa shape index (κ3) is 3.99. The van der Waals surface area contributed by atoms with E-state index in [9.17, 15) is 0 Å². The van der Waals surface area contributed by atoms with Crippen molar-refractivity contribution in [1.82, 2.24) is 0 Å². The standard InChI is InChI=1S/C25H30N2O3.ClH/c1-6-7-11-26-24-20-15-27-12-10-17-13-22(29-4)23(30-5)14-19(17)25(27)16(2)18(20)8-9-21(24)28-3;/h8-9,13-15H,6-7,10-12H2,1-5H3;1H. The van der Waals surface area contributed by atoms with Crippen LogP contribution in [0.3, 0.4) is 0 Å². The summed E-state index contributed by atoms with van der Waals surface area (Å²) in [6.45, 7) is 6.29. The van der Waals surface area contributed by atoms with Gasteiger partial charge in [-0.1, -0.05) is 13.3 Å². The number of hydrogen-bond acceptors (Lipinski definition) is 4. The summed E-state index contributed by atoms with van der Waals surface area (Å²) < 4.78 is 19.2. The van der Waals surface area contributed by atoms with Crippen molar-refractivity contribution in [1.29, 1.82) is 0 Å². The molecule has 31 heavy (non-hydrogen) atoms. The number of hydrogen-bond donors (Lipinski definition) is 1. The van der Waals surface area contributed by atoms with Crippen molar-refractivity contribution in [3.05, 3.63) is 41.6 Å². The van der Waals surface area contributed by atoms with Gasteiger partial charge in [0.15, 0.2) is 24.2 Å². The minimum Gasteiger partial charge on any atom is -1.00 e. The zero-order valence-corrected chi connectivity index (χ0v) is 19.7. The van der Waals surface area contributed by atoms with E-state index in [0.29, 0.717) is 0 Å². The fourth-order valence-electron chi connectivity index (χ4n) is 4.49. The number of ether oxygens (including phenoxy) is 3. The molecule has 0 spiro atoms. The molecule has 4 rings (SSSR count). The molecule has 0 saturated carbocycles. The molecule has 3 aromatic rings. The lowest BCUT2D eigenvalue weighted by Crippen LogP contribution is -3.00. The van der Waals surface area contributed by atoms with Gasteiger partial charge in [-0.2, -0.15) is 4.57 Å². The van der Waals surface area contributed by atoms with E-state index in [4.69, 9.17) is 14.2 Å². The molecule has 0 amide bonds. The number of methoxy groups -OCH3 is 3. The second kappa shape index (κ2) is 9.65. The van der Waals surface area contributed by atoms with Gasteiger partial charge in [0.25, 0.3) is 0 Å². The summed E-state index contributed by atoms with van der Waals surface area (Å²) in [5, 5.41) is 6.06. The number of anilines is 1. The molecule has 2 heterocycles. The van der Waals surface area contributed by atoms with E-state index in [2.05, 4.69) is 54.2 Å². The van der Waals surface area contributed by atoms with Gasteiger partial charge in [-0.05, 0) is 48.6 Å². The van der Waals surface area contributed by atoms with Gasteiger partial charge in [0, 0.05) is 18.5 Å². The monoisotopic (exact) mass is 442 g/mol. The summed E-state index contributed by atoms with van der Waals surface area (Å²) in [5.41, 5.74) is 6.11. The van der Waals surface area contributed by atoms with Crippen molar-refractivity contribution in [2.45, 2.75) is 39.7 Å². The summed E-state index contributed by atoms with van der Waals surface area (Å²) in [4.78, 5) is 0. The van der Waals surface area contributed by atoms with E-state index in [0.717, 1.165) is 55.3 Å². The minimum atomic E-state index is 0. The van der Waals surface area contributed by atoms with Crippen LogP contribution < -0.4 is 36.5 Å². The number of pyridine rings is 1.